The summed E-state index contributed by atoms with van der Waals surface area (Å²) in [6.45, 7) is 2.15. The molecule has 118 valence electrons. The fraction of sp³-hybridized carbons (Fsp3) is 0.368. The zero-order valence-corrected chi connectivity index (χ0v) is 13.9. The van der Waals surface area contributed by atoms with Gasteiger partial charge >= 0.3 is 0 Å². The van der Waals surface area contributed by atoms with Crippen LogP contribution in [-0.2, 0) is 0 Å². The predicted octanol–water partition coefficient (Wildman–Crippen LogP) is 4.22. The van der Waals surface area contributed by atoms with Crippen LogP contribution in [0, 0.1) is 5.92 Å². The van der Waals surface area contributed by atoms with Crippen LogP contribution in [0.5, 0.6) is 0 Å². The zero-order valence-electron chi connectivity index (χ0n) is 13.1. The second kappa shape index (κ2) is 7.28. The first kappa shape index (κ1) is 17.0. The van der Waals surface area contributed by atoms with Gasteiger partial charge in [-0.05, 0) is 24.6 Å². The second-order valence-electron chi connectivity index (χ2n) is 6.11. The molecule has 0 spiro atoms. The van der Waals surface area contributed by atoms with Gasteiger partial charge < -0.3 is 5.11 Å². The van der Waals surface area contributed by atoms with Gasteiger partial charge in [-0.25, -0.2) is 0 Å². The first-order valence-corrected chi connectivity index (χ1v) is 7.68. The molecule has 1 fully saturated rings. The summed E-state index contributed by atoms with van der Waals surface area (Å²) in [5.41, 5.74) is 2.57. The number of nitrogens with zero attached hydrogens (tertiary/aromatic N) is 1. The highest BCUT2D eigenvalue weighted by Gasteiger charge is 2.39. The Balaban J connectivity index is 0.00000176. The number of rotatable bonds is 2. The summed E-state index contributed by atoms with van der Waals surface area (Å²) in [6.07, 6.45) is 0.530. The maximum absolute atomic E-state index is 10.5. The Bertz CT molecular complexity index is 575. The van der Waals surface area contributed by atoms with E-state index >= 15 is 0 Å². The SMILES string of the molecule is CC1C(O)CC(c2ccccc2)N(C)C1c1ccccc1.Cl. The monoisotopic (exact) mass is 317 g/mol. The highest BCUT2D eigenvalue weighted by Crippen LogP contribution is 2.43. The van der Waals surface area contributed by atoms with E-state index in [0.29, 0.717) is 0 Å². The Labute approximate surface area is 139 Å². The van der Waals surface area contributed by atoms with E-state index in [1.54, 1.807) is 0 Å². The van der Waals surface area contributed by atoms with Crippen LogP contribution in [0.2, 0.25) is 0 Å². The van der Waals surface area contributed by atoms with Crippen molar-refractivity contribution in [3.63, 3.8) is 0 Å². The molecule has 0 radical (unpaired) electrons. The first-order chi connectivity index (χ1) is 10.2. The molecule has 3 heteroatoms. The normalized spacial score (nSPS) is 28.9. The lowest BCUT2D eigenvalue weighted by molar-refractivity contribution is -0.0328. The molecule has 0 aromatic heterocycles. The number of piperidine rings is 1. The Morgan fingerprint density at radius 2 is 1.41 bits per heavy atom. The lowest BCUT2D eigenvalue weighted by atomic mass is 9.79. The summed E-state index contributed by atoms with van der Waals surface area (Å²) in [5, 5.41) is 10.5. The molecule has 4 atom stereocenters. The standard InChI is InChI=1S/C19H23NO.ClH/c1-14-18(21)13-17(15-9-5-3-6-10-15)20(2)19(14)16-11-7-4-8-12-16;/h3-12,14,17-19,21H,13H2,1-2H3;1H. The third kappa shape index (κ3) is 3.19. The molecule has 1 saturated heterocycles. The summed E-state index contributed by atoms with van der Waals surface area (Å²) in [7, 11) is 2.18. The summed E-state index contributed by atoms with van der Waals surface area (Å²) < 4.78 is 0. The van der Waals surface area contributed by atoms with Crippen LogP contribution in [0.4, 0.5) is 0 Å². The fourth-order valence-electron chi connectivity index (χ4n) is 3.62. The van der Waals surface area contributed by atoms with Gasteiger partial charge in [0.05, 0.1) is 6.10 Å². The first-order valence-electron chi connectivity index (χ1n) is 7.68. The van der Waals surface area contributed by atoms with Crippen molar-refractivity contribution in [2.75, 3.05) is 7.05 Å². The molecular weight excluding hydrogens is 294 g/mol. The van der Waals surface area contributed by atoms with E-state index in [-0.39, 0.29) is 36.5 Å². The number of halogens is 1. The van der Waals surface area contributed by atoms with Crippen LogP contribution in [0.25, 0.3) is 0 Å². The van der Waals surface area contributed by atoms with Crippen LogP contribution in [0.3, 0.4) is 0 Å². The topological polar surface area (TPSA) is 23.5 Å². The average molecular weight is 318 g/mol. The third-order valence-corrected chi connectivity index (χ3v) is 4.83. The minimum Gasteiger partial charge on any atom is -0.393 e. The average Bonchev–Trinajstić information content (AvgIpc) is 2.53. The molecule has 0 amide bonds. The summed E-state index contributed by atoms with van der Waals surface area (Å²) in [6, 6.07) is 21.6. The Morgan fingerprint density at radius 3 is 1.95 bits per heavy atom. The Morgan fingerprint density at radius 1 is 0.909 bits per heavy atom. The van der Waals surface area contributed by atoms with E-state index in [0.717, 1.165) is 6.42 Å². The van der Waals surface area contributed by atoms with Crippen molar-refractivity contribution >= 4 is 12.4 Å². The predicted molar refractivity (Wildman–Crippen MR) is 93.2 cm³/mol. The Hall–Kier alpha value is -1.35. The van der Waals surface area contributed by atoms with Crippen LogP contribution in [0.1, 0.15) is 36.6 Å². The smallest absolute Gasteiger partial charge is 0.0602 e. The molecule has 0 bridgehead atoms. The van der Waals surface area contributed by atoms with E-state index in [9.17, 15) is 5.11 Å². The number of benzene rings is 2. The minimum atomic E-state index is -0.267. The molecule has 0 aliphatic carbocycles. The van der Waals surface area contributed by atoms with Crippen LogP contribution in [-0.4, -0.2) is 23.2 Å². The number of hydrogen-bond donors (Lipinski definition) is 1. The zero-order chi connectivity index (χ0) is 14.8. The summed E-state index contributed by atoms with van der Waals surface area (Å²) in [4.78, 5) is 2.42. The summed E-state index contributed by atoms with van der Waals surface area (Å²) in [5.74, 6) is 0.234. The lowest BCUT2D eigenvalue weighted by Gasteiger charge is -2.46. The van der Waals surface area contributed by atoms with Crippen molar-refractivity contribution in [3.05, 3.63) is 71.8 Å². The van der Waals surface area contributed by atoms with E-state index < -0.39 is 0 Å². The quantitative estimate of drug-likeness (QED) is 0.896. The number of aliphatic hydroxyl groups excluding tert-OH is 1. The van der Waals surface area contributed by atoms with Gasteiger partial charge in [-0.15, -0.1) is 12.4 Å². The van der Waals surface area contributed by atoms with Gasteiger partial charge in [-0.3, -0.25) is 4.90 Å². The minimum absolute atomic E-state index is 0. The van der Waals surface area contributed by atoms with Crippen molar-refractivity contribution in [1.29, 1.82) is 0 Å². The molecular formula is C19H24ClNO. The van der Waals surface area contributed by atoms with Gasteiger partial charge in [0.15, 0.2) is 0 Å². The molecule has 4 unspecified atom stereocenters. The van der Waals surface area contributed by atoms with E-state index in [1.165, 1.54) is 11.1 Å². The van der Waals surface area contributed by atoms with Gasteiger partial charge in [0, 0.05) is 18.0 Å². The number of hydrogen-bond acceptors (Lipinski definition) is 2. The molecule has 1 aliphatic rings. The highest BCUT2D eigenvalue weighted by molar-refractivity contribution is 5.85. The molecule has 3 rings (SSSR count). The fourth-order valence-corrected chi connectivity index (χ4v) is 3.62. The van der Waals surface area contributed by atoms with Crippen molar-refractivity contribution in [1.82, 2.24) is 4.90 Å². The van der Waals surface area contributed by atoms with Crippen molar-refractivity contribution in [3.8, 4) is 0 Å². The highest BCUT2D eigenvalue weighted by atomic mass is 35.5. The van der Waals surface area contributed by atoms with Gasteiger partial charge in [-0.1, -0.05) is 67.6 Å². The van der Waals surface area contributed by atoms with Gasteiger partial charge in [0.2, 0.25) is 0 Å². The maximum Gasteiger partial charge on any atom is 0.0602 e. The second-order valence-corrected chi connectivity index (χ2v) is 6.11. The molecule has 22 heavy (non-hydrogen) atoms. The van der Waals surface area contributed by atoms with Crippen LogP contribution >= 0.6 is 12.4 Å². The molecule has 1 aliphatic heterocycles. The molecule has 0 saturated carbocycles. The largest absolute Gasteiger partial charge is 0.393 e. The Kier molecular flexibility index (Phi) is 5.63. The molecule has 2 nitrogen and oxygen atoms in total. The van der Waals surface area contributed by atoms with Crippen LogP contribution < -0.4 is 0 Å². The third-order valence-electron chi connectivity index (χ3n) is 4.83. The lowest BCUT2D eigenvalue weighted by Crippen LogP contribution is -2.44. The number of aliphatic hydroxyl groups is 1. The van der Waals surface area contributed by atoms with E-state index in [1.807, 2.05) is 12.1 Å². The van der Waals surface area contributed by atoms with E-state index in [4.69, 9.17) is 0 Å². The van der Waals surface area contributed by atoms with Crippen molar-refractivity contribution in [2.45, 2.75) is 31.5 Å². The van der Waals surface area contributed by atoms with Gasteiger partial charge in [0.25, 0.3) is 0 Å². The molecule has 2 aromatic rings. The molecule has 1 N–H and O–H groups in total. The van der Waals surface area contributed by atoms with E-state index in [2.05, 4.69) is 67.4 Å². The van der Waals surface area contributed by atoms with Crippen molar-refractivity contribution < 1.29 is 5.11 Å². The van der Waals surface area contributed by atoms with Gasteiger partial charge in [0.1, 0.15) is 0 Å². The van der Waals surface area contributed by atoms with Crippen molar-refractivity contribution in [2.24, 2.45) is 5.92 Å². The molecule has 2 aromatic carbocycles. The summed E-state index contributed by atoms with van der Waals surface area (Å²) >= 11 is 0. The number of likely N-dealkylation sites (tertiary alicyclic amines) is 1. The molecule has 1 heterocycles. The maximum atomic E-state index is 10.5. The van der Waals surface area contributed by atoms with Gasteiger partial charge in [-0.2, -0.15) is 0 Å². The van der Waals surface area contributed by atoms with Crippen LogP contribution in [0.15, 0.2) is 60.7 Å².